The lowest BCUT2D eigenvalue weighted by Crippen LogP contribution is -2.12. The Labute approximate surface area is 166 Å². The van der Waals surface area contributed by atoms with Gasteiger partial charge in [0.25, 0.3) is 5.91 Å². The van der Waals surface area contributed by atoms with Crippen molar-refractivity contribution in [1.82, 2.24) is 20.2 Å². The number of H-pyrrole nitrogens is 1. The SMILES string of the molecule is COc1cccc(Oc2ccc(NC(=O)c3cc(-c4ccccn4)n[nH]3)cn2)c1. The van der Waals surface area contributed by atoms with Crippen LogP contribution >= 0.6 is 0 Å². The van der Waals surface area contributed by atoms with Crippen molar-refractivity contribution in [3.05, 3.63) is 78.8 Å². The molecule has 1 aromatic carbocycles. The van der Waals surface area contributed by atoms with Crippen LogP contribution in [-0.2, 0) is 0 Å². The van der Waals surface area contributed by atoms with Gasteiger partial charge in [-0.05, 0) is 36.4 Å². The molecular formula is C21H17N5O3. The lowest BCUT2D eigenvalue weighted by Gasteiger charge is -2.07. The molecule has 0 aliphatic heterocycles. The number of anilines is 1. The predicted molar refractivity (Wildman–Crippen MR) is 107 cm³/mol. The van der Waals surface area contributed by atoms with Crippen molar-refractivity contribution in [2.24, 2.45) is 0 Å². The second kappa shape index (κ2) is 8.22. The number of amides is 1. The van der Waals surface area contributed by atoms with Crippen molar-refractivity contribution in [2.75, 3.05) is 12.4 Å². The van der Waals surface area contributed by atoms with Crippen LogP contribution in [-0.4, -0.2) is 33.2 Å². The van der Waals surface area contributed by atoms with Gasteiger partial charge in [0.1, 0.15) is 22.9 Å². The minimum absolute atomic E-state index is 0.322. The average Bonchev–Trinajstić information content (AvgIpc) is 3.26. The summed E-state index contributed by atoms with van der Waals surface area (Å²) in [6.07, 6.45) is 3.19. The highest BCUT2D eigenvalue weighted by Gasteiger charge is 2.12. The first-order chi connectivity index (χ1) is 14.2. The van der Waals surface area contributed by atoms with Gasteiger partial charge < -0.3 is 14.8 Å². The monoisotopic (exact) mass is 387 g/mol. The highest BCUT2D eigenvalue weighted by atomic mass is 16.5. The molecule has 0 unspecified atom stereocenters. The van der Waals surface area contributed by atoms with E-state index < -0.39 is 0 Å². The van der Waals surface area contributed by atoms with Crippen LogP contribution < -0.4 is 14.8 Å². The molecule has 29 heavy (non-hydrogen) atoms. The van der Waals surface area contributed by atoms with Crippen LogP contribution in [0.5, 0.6) is 17.4 Å². The Kier molecular flexibility index (Phi) is 5.15. The maximum absolute atomic E-state index is 12.4. The first-order valence-corrected chi connectivity index (χ1v) is 8.77. The van der Waals surface area contributed by atoms with Gasteiger partial charge in [-0.2, -0.15) is 5.10 Å². The summed E-state index contributed by atoms with van der Waals surface area (Å²) in [6.45, 7) is 0. The van der Waals surface area contributed by atoms with Gasteiger partial charge in [0.2, 0.25) is 5.88 Å². The van der Waals surface area contributed by atoms with Crippen LogP contribution in [0.15, 0.2) is 73.1 Å². The number of rotatable bonds is 6. The van der Waals surface area contributed by atoms with Crippen LogP contribution in [0.2, 0.25) is 0 Å². The number of carbonyl (C=O) groups is 1. The molecule has 1 amide bonds. The zero-order valence-corrected chi connectivity index (χ0v) is 15.5. The van der Waals surface area contributed by atoms with Crippen molar-refractivity contribution in [2.45, 2.75) is 0 Å². The summed E-state index contributed by atoms with van der Waals surface area (Å²) in [5, 5.41) is 9.61. The Hall–Kier alpha value is -4.20. The molecule has 0 spiro atoms. The zero-order valence-electron chi connectivity index (χ0n) is 15.5. The van der Waals surface area contributed by atoms with Gasteiger partial charge in [-0.25, -0.2) is 4.98 Å². The predicted octanol–water partition coefficient (Wildman–Crippen LogP) is 3.92. The molecule has 0 aliphatic carbocycles. The fourth-order valence-electron chi connectivity index (χ4n) is 2.58. The van der Waals surface area contributed by atoms with E-state index in [4.69, 9.17) is 9.47 Å². The van der Waals surface area contributed by atoms with Gasteiger partial charge in [-0.15, -0.1) is 0 Å². The van der Waals surface area contributed by atoms with E-state index in [0.717, 1.165) is 0 Å². The number of nitrogens with zero attached hydrogens (tertiary/aromatic N) is 3. The zero-order chi connectivity index (χ0) is 20.1. The van der Waals surface area contributed by atoms with Crippen molar-refractivity contribution in [3.8, 4) is 28.8 Å². The third-order valence-corrected chi connectivity index (χ3v) is 4.01. The number of ether oxygens (including phenoxy) is 2. The van der Waals surface area contributed by atoms with E-state index in [9.17, 15) is 4.79 Å². The second-order valence-corrected chi connectivity index (χ2v) is 6.00. The number of benzene rings is 1. The number of hydrogen-bond donors (Lipinski definition) is 2. The summed E-state index contributed by atoms with van der Waals surface area (Å²) < 4.78 is 10.9. The van der Waals surface area contributed by atoms with Crippen LogP contribution in [0.3, 0.4) is 0 Å². The third kappa shape index (κ3) is 4.38. The fraction of sp³-hybridized carbons (Fsp3) is 0.0476. The molecule has 0 saturated carbocycles. The molecule has 0 fully saturated rings. The van der Waals surface area contributed by atoms with E-state index >= 15 is 0 Å². The molecule has 8 nitrogen and oxygen atoms in total. The van der Waals surface area contributed by atoms with Crippen LogP contribution in [0.4, 0.5) is 5.69 Å². The van der Waals surface area contributed by atoms with Crippen molar-refractivity contribution < 1.29 is 14.3 Å². The quantitative estimate of drug-likeness (QED) is 0.520. The molecule has 144 valence electrons. The molecule has 8 heteroatoms. The molecule has 0 atom stereocenters. The molecule has 0 bridgehead atoms. The number of carbonyl (C=O) groups excluding carboxylic acids is 1. The maximum atomic E-state index is 12.4. The fourth-order valence-corrected chi connectivity index (χ4v) is 2.58. The van der Waals surface area contributed by atoms with Gasteiger partial charge in [0.05, 0.1) is 24.7 Å². The van der Waals surface area contributed by atoms with E-state index in [1.54, 1.807) is 43.6 Å². The molecule has 4 rings (SSSR count). The normalized spacial score (nSPS) is 10.4. The number of methoxy groups -OCH3 is 1. The standard InChI is InChI=1S/C21H17N5O3/c1-28-15-5-4-6-16(11-15)29-20-9-8-14(13-23-20)24-21(27)19-12-18(25-26-19)17-7-2-3-10-22-17/h2-13H,1H3,(H,24,27)(H,25,26). The summed E-state index contributed by atoms with van der Waals surface area (Å²) in [7, 11) is 1.59. The third-order valence-electron chi connectivity index (χ3n) is 4.01. The van der Waals surface area contributed by atoms with E-state index in [2.05, 4.69) is 25.5 Å². The Balaban J connectivity index is 1.41. The lowest BCUT2D eigenvalue weighted by molar-refractivity contribution is 0.102. The number of aromatic amines is 1. The van der Waals surface area contributed by atoms with E-state index in [1.807, 2.05) is 30.3 Å². The number of aromatic nitrogens is 4. The minimum atomic E-state index is -0.331. The van der Waals surface area contributed by atoms with E-state index in [0.29, 0.717) is 40.1 Å². The van der Waals surface area contributed by atoms with Crippen molar-refractivity contribution in [3.63, 3.8) is 0 Å². The topological polar surface area (TPSA) is 102 Å². The van der Waals surface area contributed by atoms with Gasteiger partial charge in [-0.1, -0.05) is 12.1 Å². The Morgan fingerprint density at radius 1 is 0.966 bits per heavy atom. The lowest BCUT2D eigenvalue weighted by atomic mass is 10.2. The van der Waals surface area contributed by atoms with Crippen LogP contribution in [0.25, 0.3) is 11.4 Å². The average molecular weight is 387 g/mol. The summed E-state index contributed by atoms with van der Waals surface area (Å²) in [5.41, 5.74) is 2.13. The minimum Gasteiger partial charge on any atom is -0.497 e. The molecule has 3 aromatic heterocycles. The molecule has 4 aromatic rings. The van der Waals surface area contributed by atoms with Gasteiger partial charge in [0.15, 0.2) is 0 Å². The molecule has 2 N–H and O–H groups in total. The summed E-state index contributed by atoms with van der Waals surface area (Å²) >= 11 is 0. The maximum Gasteiger partial charge on any atom is 0.273 e. The van der Waals surface area contributed by atoms with Crippen LogP contribution in [0, 0.1) is 0 Å². The van der Waals surface area contributed by atoms with E-state index in [-0.39, 0.29) is 5.91 Å². The number of hydrogen-bond acceptors (Lipinski definition) is 6. The molecule has 0 saturated heterocycles. The molecule has 3 heterocycles. The highest BCUT2D eigenvalue weighted by molar-refractivity contribution is 6.03. The number of pyridine rings is 2. The largest absolute Gasteiger partial charge is 0.497 e. The second-order valence-electron chi connectivity index (χ2n) is 6.00. The Morgan fingerprint density at radius 3 is 2.62 bits per heavy atom. The molecule has 0 radical (unpaired) electrons. The van der Waals surface area contributed by atoms with Crippen molar-refractivity contribution >= 4 is 11.6 Å². The summed E-state index contributed by atoms with van der Waals surface area (Å²) in [6, 6.07) is 17.7. The van der Waals surface area contributed by atoms with Gasteiger partial charge in [-0.3, -0.25) is 14.9 Å². The summed E-state index contributed by atoms with van der Waals surface area (Å²) in [4.78, 5) is 20.9. The van der Waals surface area contributed by atoms with Crippen molar-refractivity contribution in [1.29, 1.82) is 0 Å². The highest BCUT2D eigenvalue weighted by Crippen LogP contribution is 2.24. The summed E-state index contributed by atoms with van der Waals surface area (Å²) in [5.74, 6) is 1.36. The first-order valence-electron chi connectivity index (χ1n) is 8.77. The molecule has 0 aliphatic rings. The van der Waals surface area contributed by atoms with Gasteiger partial charge in [0, 0.05) is 18.3 Å². The smallest absolute Gasteiger partial charge is 0.273 e. The Bertz CT molecular complexity index is 1110. The number of nitrogens with one attached hydrogen (secondary N) is 2. The Morgan fingerprint density at radius 2 is 1.86 bits per heavy atom. The molecular weight excluding hydrogens is 370 g/mol. The van der Waals surface area contributed by atoms with Crippen LogP contribution in [0.1, 0.15) is 10.5 Å². The first kappa shape index (κ1) is 18.2. The van der Waals surface area contributed by atoms with E-state index in [1.165, 1.54) is 6.20 Å². The van der Waals surface area contributed by atoms with Gasteiger partial charge >= 0.3 is 0 Å².